The first kappa shape index (κ1) is 14.5. The highest BCUT2D eigenvalue weighted by Gasteiger charge is 2.28. The second-order valence-corrected chi connectivity index (χ2v) is 5.81. The summed E-state index contributed by atoms with van der Waals surface area (Å²) in [6.45, 7) is 0.830. The number of ether oxygens (including phenoxy) is 3. The largest absolute Gasteiger partial charge is 0.493 e. The highest BCUT2D eigenvalue weighted by Crippen LogP contribution is 2.44. The molecule has 2 aliphatic rings. The molecule has 1 aliphatic carbocycles. The van der Waals surface area contributed by atoms with Crippen LogP contribution in [-0.2, 0) is 0 Å². The SMILES string of the molecule is COc1cc(C(CN)N(C)C2CCCC2)cc2c1OCO2. The number of benzene rings is 1. The van der Waals surface area contributed by atoms with E-state index < -0.39 is 0 Å². The molecule has 0 spiro atoms. The first-order chi connectivity index (χ1) is 10.2. The zero-order valence-corrected chi connectivity index (χ0v) is 12.8. The van der Waals surface area contributed by atoms with Gasteiger partial charge in [0.1, 0.15) is 0 Å². The van der Waals surface area contributed by atoms with E-state index in [1.54, 1.807) is 7.11 Å². The van der Waals surface area contributed by atoms with Crippen molar-refractivity contribution in [2.45, 2.75) is 37.8 Å². The molecule has 3 rings (SSSR count). The second kappa shape index (κ2) is 6.12. The number of hydrogen-bond acceptors (Lipinski definition) is 5. The van der Waals surface area contributed by atoms with Crippen molar-refractivity contribution in [3.8, 4) is 17.2 Å². The summed E-state index contributed by atoms with van der Waals surface area (Å²) in [5.41, 5.74) is 7.19. The highest BCUT2D eigenvalue weighted by atomic mass is 16.7. The van der Waals surface area contributed by atoms with Crippen LogP contribution in [0.2, 0.25) is 0 Å². The molecule has 21 heavy (non-hydrogen) atoms. The minimum atomic E-state index is 0.177. The summed E-state index contributed by atoms with van der Waals surface area (Å²) in [6, 6.07) is 4.86. The summed E-state index contributed by atoms with van der Waals surface area (Å²) in [5, 5.41) is 0. The molecule has 5 heteroatoms. The molecule has 2 N–H and O–H groups in total. The summed E-state index contributed by atoms with van der Waals surface area (Å²) in [7, 11) is 3.82. The van der Waals surface area contributed by atoms with Crippen LogP contribution >= 0.6 is 0 Å². The monoisotopic (exact) mass is 292 g/mol. The standard InChI is InChI=1S/C16H24N2O3/c1-18(12-5-3-4-6-12)13(9-17)11-7-14(19-2)16-15(8-11)20-10-21-16/h7-8,12-13H,3-6,9-10,17H2,1-2H3. The van der Waals surface area contributed by atoms with E-state index in [0.29, 0.717) is 18.3 Å². The second-order valence-electron chi connectivity index (χ2n) is 5.81. The fourth-order valence-electron chi connectivity index (χ4n) is 3.45. The van der Waals surface area contributed by atoms with Crippen LogP contribution < -0.4 is 19.9 Å². The molecular weight excluding hydrogens is 268 g/mol. The molecule has 0 saturated heterocycles. The van der Waals surface area contributed by atoms with Crippen LogP contribution in [0.15, 0.2) is 12.1 Å². The van der Waals surface area contributed by atoms with Crippen molar-refractivity contribution in [2.24, 2.45) is 5.73 Å². The third kappa shape index (κ3) is 2.68. The van der Waals surface area contributed by atoms with Crippen LogP contribution in [-0.4, -0.2) is 38.4 Å². The Morgan fingerprint density at radius 3 is 2.76 bits per heavy atom. The molecular formula is C16H24N2O3. The topological polar surface area (TPSA) is 57.0 Å². The average molecular weight is 292 g/mol. The third-order valence-electron chi connectivity index (χ3n) is 4.68. The van der Waals surface area contributed by atoms with E-state index >= 15 is 0 Å². The lowest BCUT2D eigenvalue weighted by molar-refractivity contribution is 0.170. The Kier molecular flexibility index (Phi) is 4.22. The molecule has 0 aromatic heterocycles. The van der Waals surface area contributed by atoms with Gasteiger partial charge in [-0.3, -0.25) is 4.90 Å². The Hall–Kier alpha value is -1.46. The van der Waals surface area contributed by atoms with Gasteiger partial charge in [-0.2, -0.15) is 0 Å². The van der Waals surface area contributed by atoms with Crippen LogP contribution in [0.1, 0.15) is 37.3 Å². The Labute approximate surface area is 126 Å². The molecule has 1 heterocycles. The lowest BCUT2D eigenvalue weighted by Gasteiger charge is -2.32. The quantitative estimate of drug-likeness (QED) is 0.902. The molecule has 0 bridgehead atoms. The van der Waals surface area contributed by atoms with Crippen molar-refractivity contribution in [1.29, 1.82) is 0 Å². The fraction of sp³-hybridized carbons (Fsp3) is 0.625. The van der Waals surface area contributed by atoms with Gasteiger partial charge in [0.25, 0.3) is 0 Å². The van der Waals surface area contributed by atoms with Crippen molar-refractivity contribution in [2.75, 3.05) is 27.5 Å². The van der Waals surface area contributed by atoms with Crippen LogP contribution in [0.4, 0.5) is 0 Å². The lowest BCUT2D eigenvalue weighted by atomic mass is 10.0. The van der Waals surface area contributed by atoms with E-state index in [4.69, 9.17) is 19.9 Å². The zero-order chi connectivity index (χ0) is 14.8. The molecule has 116 valence electrons. The Bertz CT molecular complexity index is 501. The zero-order valence-electron chi connectivity index (χ0n) is 12.8. The van der Waals surface area contributed by atoms with E-state index in [0.717, 1.165) is 17.1 Å². The molecule has 5 nitrogen and oxygen atoms in total. The van der Waals surface area contributed by atoms with Crippen molar-refractivity contribution >= 4 is 0 Å². The van der Waals surface area contributed by atoms with Gasteiger partial charge in [-0.05, 0) is 37.6 Å². The van der Waals surface area contributed by atoms with Crippen LogP contribution in [0.5, 0.6) is 17.2 Å². The van der Waals surface area contributed by atoms with E-state index in [9.17, 15) is 0 Å². The van der Waals surface area contributed by atoms with Crippen molar-refractivity contribution in [1.82, 2.24) is 4.90 Å². The molecule has 1 fully saturated rings. The van der Waals surface area contributed by atoms with E-state index in [-0.39, 0.29) is 12.8 Å². The Morgan fingerprint density at radius 2 is 2.10 bits per heavy atom. The molecule has 1 aromatic rings. The number of rotatable bonds is 5. The summed E-state index contributed by atoms with van der Waals surface area (Å²) in [5.74, 6) is 2.17. The predicted molar refractivity (Wildman–Crippen MR) is 80.9 cm³/mol. The molecule has 0 amide bonds. The molecule has 1 aromatic carbocycles. The van der Waals surface area contributed by atoms with E-state index in [1.165, 1.54) is 25.7 Å². The van der Waals surface area contributed by atoms with Gasteiger partial charge in [-0.15, -0.1) is 0 Å². The number of likely N-dealkylation sites (N-methyl/N-ethyl adjacent to an activating group) is 1. The number of nitrogens with two attached hydrogens (primary N) is 1. The number of nitrogens with zero attached hydrogens (tertiary/aromatic N) is 1. The molecule has 1 unspecified atom stereocenters. The first-order valence-corrected chi connectivity index (χ1v) is 7.64. The molecule has 1 aliphatic heterocycles. The highest BCUT2D eigenvalue weighted by molar-refractivity contribution is 5.55. The molecule has 1 saturated carbocycles. The van der Waals surface area contributed by atoms with Gasteiger partial charge in [0, 0.05) is 18.6 Å². The van der Waals surface area contributed by atoms with Gasteiger partial charge < -0.3 is 19.9 Å². The van der Waals surface area contributed by atoms with Gasteiger partial charge >= 0.3 is 0 Å². The van der Waals surface area contributed by atoms with E-state index in [2.05, 4.69) is 11.9 Å². The van der Waals surface area contributed by atoms with E-state index in [1.807, 2.05) is 12.1 Å². The normalized spacial score (nSPS) is 19.2. The van der Waals surface area contributed by atoms with Gasteiger partial charge in [0.15, 0.2) is 11.5 Å². The van der Waals surface area contributed by atoms with Crippen LogP contribution in [0.3, 0.4) is 0 Å². The van der Waals surface area contributed by atoms with Crippen molar-refractivity contribution < 1.29 is 14.2 Å². The van der Waals surface area contributed by atoms with Gasteiger partial charge in [0.2, 0.25) is 12.5 Å². The molecule has 0 radical (unpaired) electrons. The maximum absolute atomic E-state index is 6.06. The minimum Gasteiger partial charge on any atom is -0.493 e. The smallest absolute Gasteiger partial charge is 0.231 e. The Balaban J connectivity index is 1.89. The van der Waals surface area contributed by atoms with Crippen molar-refractivity contribution in [3.63, 3.8) is 0 Å². The van der Waals surface area contributed by atoms with Crippen LogP contribution in [0.25, 0.3) is 0 Å². The third-order valence-corrected chi connectivity index (χ3v) is 4.68. The Morgan fingerprint density at radius 1 is 1.33 bits per heavy atom. The maximum atomic E-state index is 6.06. The van der Waals surface area contributed by atoms with Gasteiger partial charge in [0.05, 0.1) is 7.11 Å². The van der Waals surface area contributed by atoms with Gasteiger partial charge in [-0.1, -0.05) is 12.8 Å². The summed E-state index contributed by atoms with van der Waals surface area (Å²) < 4.78 is 16.4. The lowest BCUT2D eigenvalue weighted by Crippen LogP contribution is -2.37. The molecule has 1 atom stereocenters. The fourth-order valence-corrected chi connectivity index (χ4v) is 3.45. The summed E-state index contributed by atoms with van der Waals surface area (Å²) in [6.07, 6.45) is 5.15. The average Bonchev–Trinajstić information content (AvgIpc) is 3.18. The van der Waals surface area contributed by atoms with Crippen molar-refractivity contribution in [3.05, 3.63) is 17.7 Å². The maximum Gasteiger partial charge on any atom is 0.231 e. The van der Waals surface area contributed by atoms with Gasteiger partial charge in [-0.25, -0.2) is 0 Å². The van der Waals surface area contributed by atoms with Crippen LogP contribution in [0, 0.1) is 0 Å². The first-order valence-electron chi connectivity index (χ1n) is 7.64. The number of methoxy groups -OCH3 is 1. The number of hydrogen-bond donors (Lipinski definition) is 1. The number of fused-ring (bicyclic) bond motifs is 1. The summed E-state index contributed by atoms with van der Waals surface area (Å²) >= 11 is 0. The minimum absolute atomic E-state index is 0.177. The predicted octanol–water partition coefficient (Wildman–Crippen LogP) is 2.30. The summed E-state index contributed by atoms with van der Waals surface area (Å²) in [4.78, 5) is 2.41.